The summed E-state index contributed by atoms with van der Waals surface area (Å²) in [5.41, 5.74) is 4.56. The lowest BCUT2D eigenvalue weighted by Crippen LogP contribution is -2.37. The fraction of sp³-hybridized carbons (Fsp3) is 0.261. The van der Waals surface area contributed by atoms with E-state index in [0.29, 0.717) is 44.4 Å². The van der Waals surface area contributed by atoms with E-state index in [1.165, 1.54) is 0 Å². The van der Waals surface area contributed by atoms with Crippen molar-refractivity contribution in [1.29, 1.82) is 0 Å². The third-order valence-corrected chi connectivity index (χ3v) is 5.48. The number of methoxy groups -OCH3 is 1. The van der Waals surface area contributed by atoms with Crippen LogP contribution in [-0.2, 0) is 11.3 Å². The van der Waals surface area contributed by atoms with Gasteiger partial charge in [0, 0.05) is 13.1 Å². The van der Waals surface area contributed by atoms with Crippen molar-refractivity contribution in [3.8, 4) is 11.5 Å². The first-order valence-electron chi connectivity index (χ1n) is 10.3. The summed E-state index contributed by atoms with van der Waals surface area (Å²) < 4.78 is 31.7. The van der Waals surface area contributed by atoms with Crippen LogP contribution in [0.5, 0.6) is 11.5 Å². The largest absolute Gasteiger partial charge is 0.493 e. The van der Waals surface area contributed by atoms with E-state index in [0.717, 1.165) is 21.8 Å². The van der Waals surface area contributed by atoms with Gasteiger partial charge in [-0.1, -0.05) is 30.3 Å². The van der Waals surface area contributed by atoms with Gasteiger partial charge < -0.3 is 19.1 Å². The molecule has 0 atom stereocenters. The van der Waals surface area contributed by atoms with Crippen LogP contribution in [0.1, 0.15) is 11.1 Å². The molecule has 0 amide bonds. The van der Waals surface area contributed by atoms with Crippen LogP contribution in [0.2, 0.25) is 0 Å². The lowest BCUT2D eigenvalue weighted by Gasteiger charge is -2.27. The average molecular weight is 516 g/mol. The predicted molar refractivity (Wildman–Crippen MR) is 128 cm³/mol. The fourth-order valence-electron chi connectivity index (χ4n) is 3.26. The van der Waals surface area contributed by atoms with Crippen molar-refractivity contribution in [3.05, 3.63) is 70.1 Å². The summed E-state index contributed by atoms with van der Waals surface area (Å²) in [5.74, 6) is 1.11. The maximum atomic E-state index is 14.2. The highest BCUT2D eigenvalue weighted by molar-refractivity contribution is 9.10. The van der Waals surface area contributed by atoms with Gasteiger partial charge in [0.15, 0.2) is 23.1 Å². The molecule has 10 heteroatoms. The highest BCUT2D eigenvalue weighted by Gasteiger charge is 2.18. The SMILES string of the molecule is COc1cc(/C=N/Nc2ncc(F)c(N3CCOCC3)n2)cc(Br)c1OCc1ccccc1. The van der Waals surface area contributed by atoms with Crippen molar-refractivity contribution in [2.45, 2.75) is 6.61 Å². The second kappa shape index (κ2) is 11.1. The minimum Gasteiger partial charge on any atom is -0.493 e. The van der Waals surface area contributed by atoms with Crippen LogP contribution in [0.15, 0.2) is 58.2 Å². The topological polar surface area (TPSA) is 81.1 Å². The summed E-state index contributed by atoms with van der Waals surface area (Å²) in [6, 6.07) is 13.5. The molecular weight excluding hydrogens is 493 g/mol. The number of hydrogen-bond donors (Lipinski definition) is 1. The molecule has 0 saturated carbocycles. The zero-order valence-corrected chi connectivity index (χ0v) is 19.6. The number of halogens is 2. The Morgan fingerprint density at radius 2 is 2.03 bits per heavy atom. The number of morpholine rings is 1. The lowest BCUT2D eigenvalue weighted by molar-refractivity contribution is 0.122. The van der Waals surface area contributed by atoms with Gasteiger partial charge in [0.05, 0.1) is 37.2 Å². The van der Waals surface area contributed by atoms with Gasteiger partial charge in [-0.3, -0.25) is 0 Å². The number of hydrazone groups is 1. The Bertz CT molecular complexity index is 1110. The van der Waals surface area contributed by atoms with Crippen molar-refractivity contribution in [2.24, 2.45) is 5.10 Å². The summed E-state index contributed by atoms with van der Waals surface area (Å²) in [6.45, 7) is 2.63. The quantitative estimate of drug-likeness (QED) is 0.354. The number of nitrogens with one attached hydrogen (secondary N) is 1. The Morgan fingerprint density at radius 1 is 1.24 bits per heavy atom. The molecule has 0 radical (unpaired) electrons. The molecule has 2 aromatic carbocycles. The second-order valence-corrected chi connectivity index (χ2v) is 8.00. The van der Waals surface area contributed by atoms with Gasteiger partial charge in [-0.05, 0) is 39.2 Å². The molecule has 0 aliphatic carbocycles. The Balaban J connectivity index is 1.44. The summed E-state index contributed by atoms with van der Waals surface area (Å²) in [4.78, 5) is 10.0. The Labute approximate surface area is 199 Å². The van der Waals surface area contributed by atoms with E-state index < -0.39 is 5.82 Å². The number of aromatic nitrogens is 2. The van der Waals surface area contributed by atoms with E-state index in [9.17, 15) is 4.39 Å². The smallest absolute Gasteiger partial charge is 0.245 e. The van der Waals surface area contributed by atoms with Crippen LogP contribution in [0.4, 0.5) is 16.2 Å². The first kappa shape index (κ1) is 22.9. The van der Waals surface area contributed by atoms with E-state index in [-0.39, 0.29) is 11.8 Å². The van der Waals surface area contributed by atoms with Crippen LogP contribution in [-0.4, -0.2) is 49.6 Å². The normalized spacial score (nSPS) is 13.8. The van der Waals surface area contributed by atoms with E-state index in [1.54, 1.807) is 19.4 Å². The molecule has 1 fully saturated rings. The molecule has 172 valence electrons. The maximum absolute atomic E-state index is 14.2. The molecule has 1 N–H and O–H groups in total. The van der Waals surface area contributed by atoms with Crippen LogP contribution in [0.3, 0.4) is 0 Å². The van der Waals surface area contributed by atoms with Gasteiger partial charge in [-0.2, -0.15) is 10.1 Å². The number of rotatable bonds is 8. The highest BCUT2D eigenvalue weighted by Crippen LogP contribution is 2.36. The zero-order chi connectivity index (χ0) is 23.0. The monoisotopic (exact) mass is 515 g/mol. The van der Waals surface area contributed by atoms with E-state index in [2.05, 4.69) is 36.4 Å². The molecule has 0 bridgehead atoms. The molecule has 0 spiro atoms. The number of anilines is 2. The summed E-state index contributed by atoms with van der Waals surface area (Å²) in [5, 5.41) is 4.18. The van der Waals surface area contributed by atoms with E-state index in [4.69, 9.17) is 14.2 Å². The number of ether oxygens (including phenoxy) is 3. The predicted octanol–water partition coefficient (Wildman–Crippen LogP) is 4.25. The minimum absolute atomic E-state index is 0.197. The lowest BCUT2D eigenvalue weighted by atomic mass is 10.2. The molecule has 8 nitrogen and oxygen atoms in total. The molecule has 2 heterocycles. The van der Waals surface area contributed by atoms with E-state index in [1.807, 2.05) is 41.3 Å². The molecule has 0 unspecified atom stereocenters. The molecule has 33 heavy (non-hydrogen) atoms. The standard InChI is InChI=1S/C23H23BrFN5O3/c1-31-20-12-17(11-18(24)21(20)33-15-16-5-3-2-4-6-16)13-27-29-23-26-14-19(25)22(28-23)30-7-9-32-10-8-30/h2-6,11-14H,7-10,15H2,1H3,(H,26,28,29)/b27-13+. The van der Waals surface area contributed by atoms with Gasteiger partial charge in [0.2, 0.25) is 5.95 Å². The second-order valence-electron chi connectivity index (χ2n) is 7.14. The number of nitrogens with zero attached hydrogens (tertiary/aromatic N) is 4. The average Bonchev–Trinajstić information content (AvgIpc) is 2.85. The van der Waals surface area contributed by atoms with Crippen LogP contribution >= 0.6 is 15.9 Å². The highest BCUT2D eigenvalue weighted by atomic mass is 79.9. The number of hydrogen-bond acceptors (Lipinski definition) is 8. The van der Waals surface area contributed by atoms with Gasteiger partial charge in [-0.15, -0.1) is 0 Å². The summed E-state index contributed by atoms with van der Waals surface area (Å²) >= 11 is 3.54. The first-order chi connectivity index (χ1) is 16.1. The molecule has 4 rings (SSSR count). The zero-order valence-electron chi connectivity index (χ0n) is 18.0. The van der Waals surface area contributed by atoms with Gasteiger partial charge in [-0.25, -0.2) is 14.8 Å². The van der Waals surface area contributed by atoms with Crippen molar-refractivity contribution in [1.82, 2.24) is 9.97 Å². The molecule has 1 aromatic heterocycles. The maximum Gasteiger partial charge on any atom is 0.245 e. The third-order valence-electron chi connectivity index (χ3n) is 4.89. The van der Waals surface area contributed by atoms with Crippen LogP contribution in [0.25, 0.3) is 0 Å². The summed E-state index contributed by atoms with van der Waals surface area (Å²) in [6.07, 6.45) is 2.73. The molecular formula is C23H23BrFN5O3. The minimum atomic E-state index is -0.480. The van der Waals surface area contributed by atoms with Crippen molar-refractivity contribution in [3.63, 3.8) is 0 Å². The Morgan fingerprint density at radius 3 is 2.79 bits per heavy atom. The van der Waals surface area contributed by atoms with Crippen molar-refractivity contribution in [2.75, 3.05) is 43.7 Å². The molecule has 1 saturated heterocycles. The van der Waals surface area contributed by atoms with Gasteiger partial charge in [0.1, 0.15) is 6.61 Å². The van der Waals surface area contributed by atoms with Gasteiger partial charge in [0.25, 0.3) is 0 Å². The number of benzene rings is 2. The fourth-order valence-corrected chi connectivity index (χ4v) is 3.83. The third kappa shape index (κ3) is 5.96. The van der Waals surface area contributed by atoms with E-state index >= 15 is 0 Å². The van der Waals surface area contributed by atoms with Crippen molar-refractivity contribution < 1.29 is 18.6 Å². The Kier molecular flexibility index (Phi) is 7.69. The van der Waals surface area contributed by atoms with Crippen molar-refractivity contribution >= 4 is 33.9 Å². The van der Waals surface area contributed by atoms with Crippen LogP contribution < -0.4 is 19.8 Å². The first-order valence-corrected chi connectivity index (χ1v) is 11.1. The van der Waals surface area contributed by atoms with Crippen LogP contribution in [0, 0.1) is 5.82 Å². The van der Waals surface area contributed by atoms with Gasteiger partial charge >= 0.3 is 0 Å². The Hall–Kier alpha value is -3.24. The molecule has 1 aliphatic heterocycles. The molecule has 3 aromatic rings. The molecule has 1 aliphatic rings. The summed E-state index contributed by atoms with van der Waals surface area (Å²) in [7, 11) is 1.58.